The van der Waals surface area contributed by atoms with E-state index in [1.807, 2.05) is 4.90 Å². The standard InChI is InChI=1S/C25H24N8O3/c26-21(34)18-3-1-4-19-20(18)31-25(30-19)32-22(35)15-5-7-16(8-6-15)23(36)33-13-9-17(10-14-33)29-24-27-11-2-12-28-24/h1-8,11-12,17H,9-10,13-14H2,(H2,26,34)(H,27,28,29)(H2,30,31,32,35). The molecule has 1 saturated heterocycles. The third-order valence-corrected chi connectivity index (χ3v) is 6.09. The van der Waals surface area contributed by atoms with Crippen molar-refractivity contribution in [1.82, 2.24) is 24.8 Å². The Kier molecular flexibility index (Phi) is 6.27. The van der Waals surface area contributed by atoms with Gasteiger partial charge in [-0.05, 0) is 55.3 Å². The number of fused-ring (bicyclic) bond motifs is 1. The maximum atomic E-state index is 13.0. The number of aromatic amines is 1. The zero-order valence-electron chi connectivity index (χ0n) is 19.3. The molecule has 5 rings (SSSR count). The number of imidazole rings is 1. The molecule has 1 aliphatic rings. The van der Waals surface area contributed by atoms with Gasteiger partial charge in [-0.15, -0.1) is 0 Å². The molecule has 2 aromatic carbocycles. The Morgan fingerprint density at radius 2 is 1.64 bits per heavy atom. The van der Waals surface area contributed by atoms with Gasteiger partial charge in [-0.2, -0.15) is 0 Å². The third-order valence-electron chi connectivity index (χ3n) is 6.09. The molecule has 0 radical (unpaired) electrons. The van der Waals surface area contributed by atoms with Gasteiger partial charge < -0.3 is 20.9 Å². The summed E-state index contributed by atoms with van der Waals surface area (Å²) < 4.78 is 0. The number of nitrogens with two attached hydrogens (primary N) is 1. The van der Waals surface area contributed by atoms with Crippen LogP contribution in [0.5, 0.6) is 0 Å². The maximum Gasteiger partial charge on any atom is 0.257 e. The molecule has 5 N–H and O–H groups in total. The van der Waals surface area contributed by atoms with E-state index < -0.39 is 11.8 Å². The minimum absolute atomic E-state index is 0.0763. The zero-order valence-corrected chi connectivity index (χ0v) is 19.3. The van der Waals surface area contributed by atoms with Crippen LogP contribution < -0.4 is 16.4 Å². The van der Waals surface area contributed by atoms with Crippen molar-refractivity contribution in [2.75, 3.05) is 23.7 Å². The van der Waals surface area contributed by atoms with Crippen LogP contribution >= 0.6 is 0 Å². The third kappa shape index (κ3) is 4.85. The second-order valence-electron chi connectivity index (χ2n) is 8.47. The molecule has 0 aliphatic carbocycles. The molecule has 3 amide bonds. The van der Waals surface area contributed by atoms with E-state index in [1.165, 1.54) is 0 Å². The van der Waals surface area contributed by atoms with Crippen molar-refractivity contribution in [2.45, 2.75) is 18.9 Å². The number of carbonyl (C=O) groups is 3. The van der Waals surface area contributed by atoms with Crippen LogP contribution in [0.3, 0.4) is 0 Å². The fourth-order valence-electron chi connectivity index (χ4n) is 4.20. The second kappa shape index (κ2) is 9.82. The van der Waals surface area contributed by atoms with Gasteiger partial charge in [0.15, 0.2) is 0 Å². The lowest BCUT2D eigenvalue weighted by molar-refractivity contribution is 0.0717. The van der Waals surface area contributed by atoms with Crippen molar-refractivity contribution in [2.24, 2.45) is 5.73 Å². The first-order valence-electron chi connectivity index (χ1n) is 11.5. The lowest BCUT2D eigenvalue weighted by atomic mass is 10.0. The van der Waals surface area contributed by atoms with Crippen molar-refractivity contribution in [1.29, 1.82) is 0 Å². The van der Waals surface area contributed by atoms with Gasteiger partial charge in [0, 0.05) is 42.7 Å². The predicted octanol–water partition coefficient (Wildman–Crippen LogP) is 2.42. The Morgan fingerprint density at radius 1 is 0.944 bits per heavy atom. The van der Waals surface area contributed by atoms with Gasteiger partial charge in [-0.1, -0.05) is 6.07 Å². The van der Waals surface area contributed by atoms with Crippen molar-refractivity contribution in [3.05, 3.63) is 77.6 Å². The summed E-state index contributed by atoms with van der Waals surface area (Å²) in [4.78, 5) is 54.7. The smallest absolute Gasteiger partial charge is 0.257 e. The van der Waals surface area contributed by atoms with Gasteiger partial charge in [-0.3, -0.25) is 19.7 Å². The molecule has 0 saturated carbocycles. The summed E-state index contributed by atoms with van der Waals surface area (Å²) in [6, 6.07) is 13.4. The predicted molar refractivity (Wildman–Crippen MR) is 134 cm³/mol. The van der Waals surface area contributed by atoms with Crippen LogP contribution in [-0.4, -0.2) is 61.7 Å². The van der Waals surface area contributed by atoms with E-state index >= 15 is 0 Å². The molecule has 1 fully saturated rings. The van der Waals surface area contributed by atoms with Gasteiger partial charge in [0.25, 0.3) is 17.7 Å². The van der Waals surface area contributed by atoms with Crippen molar-refractivity contribution < 1.29 is 14.4 Å². The fraction of sp³-hybridized carbons (Fsp3) is 0.200. The van der Waals surface area contributed by atoms with Crippen LogP contribution in [0.4, 0.5) is 11.9 Å². The van der Waals surface area contributed by atoms with E-state index in [2.05, 4.69) is 30.6 Å². The molecular formula is C25H24N8O3. The zero-order chi connectivity index (χ0) is 25.1. The summed E-state index contributed by atoms with van der Waals surface area (Å²) in [5, 5.41) is 5.98. The van der Waals surface area contributed by atoms with E-state index in [9.17, 15) is 14.4 Å². The molecule has 3 heterocycles. The number of H-pyrrole nitrogens is 1. The molecule has 1 aliphatic heterocycles. The van der Waals surface area contributed by atoms with Crippen LogP contribution in [0.1, 0.15) is 43.9 Å². The Morgan fingerprint density at radius 3 is 2.33 bits per heavy atom. The largest absolute Gasteiger partial charge is 0.366 e. The maximum absolute atomic E-state index is 13.0. The van der Waals surface area contributed by atoms with E-state index in [-0.39, 0.29) is 23.5 Å². The number of para-hydroxylation sites is 1. The van der Waals surface area contributed by atoms with Crippen molar-refractivity contribution in [3.8, 4) is 0 Å². The molecule has 2 aromatic heterocycles. The lowest BCUT2D eigenvalue weighted by Gasteiger charge is -2.32. The summed E-state index contributed by atoms with van der Waals surface area (Å²) in [5.74, 6) is -0.291. The lowest BCUT2D eigenvalue weighted by Crippen LogP contribution is -2.42. The number of rotatable bonds is 6. The number of nitrogens with zero attached hydrogens (tertiary/aromatic N) is 4. The highest BCUT2D eigenvalue weighted by Gasteiger charge is 2.24. The number of anilines is 2. The van der Waals surface area contributed by atoms with E-state index in [0.717, 1.165) is 12.8 Å². The minimum Gasteiger partial charge on any atom is -0.366 e. The van der Waals surface area contributed by atoms with Gasteiger partial charge in [-0.25, -0.2) is 15.0 Å². The molecule has 11 nitrogen and oxygen atoms in total. The van der Waals surface area contributed by atoms with E-state index in [4.69, 9.17) is 5.73 Å². The normalized spacial score (nSPS) is 13.9. The Bertz CT molecular complexity index is 1410. The molecule has 0 bridgehead atoms. The number of primary amides is 1. The SMILES string of the molecule is NC(=O)c1cccc2[nH]c(NC(=O)c3ccc(C(=O)N4CCC(Nc5ncccn5)CC4)cc3)nc12. The van der Waals surface area contributed by atoms with Gasteiger partial charge in [0.2, 0.25) is 11.9 Å². The number of amides is 3. The van der Waals surface area contributed by atoms with Crippen LogP contribution in [0.25, 0.3) is 11.0 Å². The number of hydrogen-bond acceptors (Lipinski definition) is 7. The van der Waals surface area contributed by atoms with Crippen LogP contribution in [0.2, 0.25) is 0 Å². The Hall–Kier alpha value is -4.80. The second-order valence-corrected chi connectivity index (χ2v) is 8.47. The highest BCUT2D eigenvalue weighted by molar-refractivity contribution is 6.07. The summed E-state index contributed by atoms with van der Waals surface area (Å²) >= 11 is 0. The molecule has 36 heavy (non-hydrogen) atoms. The van der Waals surface area contributed by atoms with E-state index in [1.54, 1.807) is 60.9 Å². The van der Waals surface area contributed by atoms with Crippen molar-refractivity contribution >= 4 is 40.7 Å². The molecule has 11 heteroatoms. The molecule has 4 aromatic rings. The highest BCUT2D eigenvalue weighted by Crippen LogP contribution is 2.20. The molecule has 0 spiro atoms. The number of hydrogen-bond donors (Lipinski definition) is 4. The Balaban J connectivity index is 1.19. The molecular weight excluding hydrogens is 460 g/mol. The minimum atomic E-state index is -0.601. The Labute approximate surface area is 206 Å². The molecule has 182 valence electrons. The highest BCUT2D eigenvalue weighted by atomic mass is 16.2. The fourth-order valence-corrected chi connectivity index (χ4v) is 4.20. The number of piperidine rings is 1. The monoisotopic (exact) mass is 484 g/mol. The van der Waals surface area contributed by atoms with Crippen LogP contribution in [0, 0.1) is 0 Å². The summed E-state index contributed by atoms with van der Waals surface area (Å²) in [6.07, 6.45) is 4.96. The average molecular weight is 485 g/mol. The quantitative estimate of drug-likeness (QED) is 0.327. The molecule has 0 atom stereocenters. The van der Waals surface area contributed by atoms with Gasteiger partial charge >= 0.3 is 0 Å². The number of nitrogens with one attached hydrogen (secondary N) is 3. The summed E-state index contributed by atoms with van der Waals surface area (Å²) in [5.41, 5.74) is 7.51. The summed E-state index contributed by atoms with van der Waals surface area (Å²) in [7, 11) is 0. The average Bonchev–Trinajstić information content (AvgIpc) is 3.31. The number of aromatic nitrogens is 4. The van der Waals surface area contributed by atoms with Gasteiger partial charge in [0.05, 0.1) is 11.1 Å². The summed E-state index contributed by atoms with van der Waals surface area (Å²) in [6.45, 7) is 1.23. The van der Waals surface area contributed by atoms with Crippen molar-refractivity contribution in [3.63, 3.8) is 0 Å². The van der Waals surface area contributed by atoms with Gasteiger partial charge in [0.1, 0.15) is 5.52 Å². The number of likely N-dealkylation sites (tertiary alicyclic amines) is 1. The number of benzene rings is 2. The van der Waals surface area contributed by atoms with Crippen LogP contribution in [-0.2, 0) is 0 Å². The first-order chi connectivity index (χ1) is 17.5. The number of carbonyl (C=O) groups excluding carboxylic acids is 3. The molecule has 0 unspecified atom stereocenters. The first kappa shape index (κ1) is 23.0. The van der Waals surface area contributed by atoms with Crippen LogP contribution in [0.15, 0.2) is 60.9 Å². The first-order valence-corrected chi connectivity index (χ1v) is 11.5. The van der Waals surface area contributed by atoms with E-state index in [0.29, 0.717) is 41.2 Å². The topological polar surface area (TPSA) is 159 Å².